The minimum atomic E-state index is 0.799. The van der Waals surface area contributed by atoms with Crippen molar-refractivity contribution in [3.63, 3.8) is 0 Å². The first-order valence-electron chi connectivity index (χ1n) is 7.74. The molecule has 4 nitrogen and oxygen atoms in total. The summed E-state index contributed by atoms with van der Waals surface area (Å²) in [5.74, 6) is 1.72. The van der Waals surface area contributed by atoms with Gasteiger partial charge in [-0.2, -0.15) is 0 Å². The highest BCUT2D eigenvalue weighted by molar-refractivity contribution is 5.37. The van der Waals surface area contributed by atoms with Gasteiger partial charge in [0.25, 0.3) is 0 Å². The fourth-order valence-electron chi connectivity index (χ4n) is 2.85. The molecule has 1 heterocycles. The average molecular weight is 277 g/mol. The van der Waals surface area contributed by atoms with Crippen molar-refractivity contribution >= 4 is 5.82 Å². The number of hydrogen-bond acceptors (Lipinski definition) is 4. The van der Waals surface area contributed by atoms with Gasteiger partial charge in [-0.05, 0) is 45.0 Å². The number of nitrogens with zero attached hydrogens (tertiary/aromatic N) is 2. The summed E-state index contributed by atoms with van der Waals surface area (Å²) < 4.78 is 5.10. The molecule has 20 heavy (non-hydrogen) atoms. The van der Waals surface area contributed by atoms with Gasteiger partial charge in [0.05, 0.1) is 13.3 Å². The molecule has 0 bridgehead atoms. The lowest BCUT2D eigenvalue weighted by molar-refractivity contribution is 0.191. The van der Waals surface area contributed by atoms with Crippen molar-refractivity contribution in [1.29, 1.82) is 0 Å². The van der Waals surface area contributed by atoms with E-state index in [1.165, 1.54) is 32.1 Å². The van der Waals surface area contributed by atoms with Crippen LogP contribution in [0.1, 0.15) is 38.5 Å². The number of aromatic nitrogens is 1. The van der Waals surface area contributed by atoms with Crippen LogP contribution in [0.25, 0.3) is 0 Å². The van der Waals surface area contributed by atoms with Gasteiger partial charge in [0, 0.05) is 12.6 Å². The molecule has 2 rings (SSSR count). The number of nitrogens with one attached hydrogen (secondary N) is 1. The highest BCUT2D eigenvalue weighted by Crippen LogP contribution is 2.21. The molecule has 0 saturated heterocycles. The van der Waals surface area contributed by atoms with E-state index in [9.17, 15) is 0 Å². The van der Waals surface area contributed by atoms with E-state index in [2.05, 4.69) is 22.2 Å². The van der Waals surface area contributed by atoms with Gasteiger partial charge in [-0.3, -0.25) is 0 Å². The van der Waals surface area contributed by atoms with Crippen LogP contribution in [-0.4, -0.2) is 43.2 Å². The Morgan fingerprint density at radius 1 is 1.30 bits per heavy atom. The van der Waals surface area contributed by atoms with E-state index < -0.39 is 0 Å². The summed E-state index contributed by atoms with van der Waals surface area (Å²) in [6.07, 6.45) is 9.90. The van der Waals surface area contributed by atoms with Gasteiger partial charge in [0.1, 0.15) is 11.6 Å². The van der Waals surface area contributed by atoms with E-state index in [4.69, 9.17) is 4.74 Å². The van der Waals surface area contributed by atoms with Crippen LogP contribution in [0, 0.1) is 0 Å². The second-order valence-corrected chi connectivity index (χ2v) is 5.64. The molecule has 0 amide bonds. The minimum absolute atomic E-state index is 0.799. The third-order valence-corrected chi connectivity index (χ3v) is 4.16. The molecular weight excluding hydrogens is 250 g/mol. The summed E-state index contributed by atoms with van der Waals surface area (Å²) in [5.41, 5.74) is 0. The predicted octanol–water partition coefficient (Wildman–Crippen LogP) is 3.16. The first-order valence-corrected chi connectivity index (χ1v) is 7.74. The summed E-state index contributed by atoms with van der Waals surface area (Å²) in [6.45, 7) is 2.13. The predicted molar refractivity (Wildman–Crippen MR) is 83.4 cm³/mol. The van der Waals surface area contributed by atoms with Crippen LogP contribution in [0.4, 0.5) is 5.82 Å². The van der Waals surface area contributed by atoms with E-state index in [1.54, 1.807) is 13.3 Å². The molecule has 0 aromatic carbocycles. The Bertz CT molecular complexity index is 374. The van der Waals surface area contributed by atoms with E-state index in [0.29, 0.717) is 0 Å². The Morgan fingerprint density at radius 3 is 2.75 bits per heavy atom. The molecule has 0 radical (unpaired) electrons. The Morgan fingerprint density at radius 2 is 2.10 bits per heavy atom. The van der Waals surface area contributed by atoms with Gasteiger partial charge in [-0.25, -0.2) is 4.98 Å². The molecule has 0 spiro atoms. The third-order valence-electron chi connectivity index (χ3n) is 4.16. The average Bonchev–Trinajstić information content (AvgIpc) is 2.53. The lowest BCUT2D eigenvalue weighted by Crippen LogP contribution is -2.34. The van der Waals surface area contributed by atoms with Crippen molar-refractivity contribution in [1.82, 2.24) is 9.88 Å². The third kappa shape index (κ3) is 4.67. The molecule has 1 aromatic rings. The molecule has 1 aliphatic carbocycles. The first-order chi connectivity index (χ1) is 9.79. The van der Waals surface area contributed by atoms with Gasteiger partial charge in [0.15, 0.2) is 0 Å². The highest BCUT2D eigenvalue weighted by Gasteiger charge is 2.17. The summed E-state index contributed by atoms with van der Waals surface area (Å²) in [4.78, 5) is 6.84. The van der Waals surface area contributed by atoms with Gasteiger partial charge < -0.3 is 15.0 Å². The molecular formula is C16H27N3O. The SMILES string of the molecule is COc1ccc(NCCCN(C)C2CCCCC2)nc1. The van der Waals surface area contributed by atoms with Crippen LogP contribution < -0.4 is 10.1 Å². The maximum absolute atomic E-state index is 5.10. The topological polar surface area (TPSA) is 37.4 Å². The molecule has 0 aliphatic heterocycles. The van der Waals surface area contributed by atoms with Crippen LogP contribution in [0.5, 0.6) is 5.75 Å². The normalized spacial score (nSPS) is 16.4. The zero-order valence-electron chi connectivity index (χ0n) is 12.8. The van der Waals surface area contributed by atoms with Crippen LogP contribution in [0.3, 0.4) is 0 Å². The molecule has 0 unspecified atom stereocenters. The fourth-order valence-corrected chi connectivity index (χ4v) is 2.85. The number of ether oxygens (including phenoxy) is 1. The molecule has 0 atom stereocenters. The Hall–Kier alpha value is -1.29. The van der Waals surface area contributed by atoms with Crippen molar-refractivity contribution < 1.29 is 4.74 Å². The molecule has 1 fully saturated rings. The molecule has 1 N–H and O–H groups in total. The van der Waals surface area contributed by atoms with Gasteiger partial charge in [-0.15, -0.1) is 0 Å². The number of hydrogen-bond donors (Lipinski definition) is 1. The van der Waals surface area contributed by atoms with E-state index in [0.717, 1.165) is 37.1 Å². The van der Waals surface area contributed by atoms with Crippen LogP contribution in [0.15, 0.2) is 18.3 Å². The lowest BCUT2D eigenvalue weighted by Gasteiger charge is -2.31. The van der Waals surface area contributed by atoms with E-state index in [1.807, 2.05) is 12.1 Å². The Balaban J connectivity index is 1.62. The minimum Gasteiger partial charge on any atom is -0.495 e. The zero-order valence-corrected chi connectivity index (χ0v) is 12.8. The van der Waals surface area contributed by atoms with Crippen LogP contribution in [0.2, 0.25) is 0 Å². The summed E-state index contributed by atoms with van der Waals surface area (Å²) in [5, 5.41) is 3.36. The summed E-state index contributed by atoms with van der Waals surface area (Å²) >= 11 is 0. The molecule has 1 aliphatic rings. The van der Waals surface area contributed by atoms with Gasteiger partial charge >= 0.3 is 0 Å². The number of anilines is 1. The maximum Gasteiger partial charge on any atom is 0.137 e. The van der Waals surface area contributed by atoms with Crippen molar-refractivity contribution in [2.24, 2.45) is 0 Å². The van der Waals surface area contributed by atoms with Crippen molar-refractivity contribution in [3.05, 3.63) is 18.3 Å². The van der Waals surface area contributed by atoms with E-state index in [-0.39, 0.29) is 0 Å². The molecule has 1 aromatic heterocycles. The number of methoxy groups -OCH3 is 1. The monoisotopic (exact) mass is 277 g/mol. The van der Waals surface area contributed by atoms with Crippen molar-refractivity contribution in [2.75, 3.05) is 32.6 Å². The first kappa shape index (κ1) is 15.1. The zero-order chi connectivity index (χ0) is 14.2. The molecule has 1 saturated carbocycles. The standard InChI is InChI=1S/C16H27N3O/c1-19(14-7-4-3-5-8-14)12-6-11-17-16-10-9-15(20-2)13-18-16/h9-10,13-14H,3-8,11-12H2,1-2H3,(H,17,18). The van der Waals surface area contributed by atoms with Gasteiger partial charge in [0.2, 0.25) is 0 Å². The number of rotatable bonds is 7. The number of pyridine rings is 1. The lowest BCUT2D eigenvalue weighted by atomic mass is 9.94. The van der Waals surface area contributed by atoms with Crippen molar-refractivity contribution in [3.8, 4) is 5.75 Å². The van der Waals surface area contributed by atoms with Gasteiger partial charge in [-0.1, -0.05) is 19.3 Å². The summed E-state index contributed by atoms with van der Waals surface area (Å²) in [7, 11) is 3.92. The smallest absolute Gasteiger partial charge is 0.137 e. The second-order valence-electron chi connectivity index (χ2n) is 5.64. The van der Waals surface area contributed by atoms with Crippen LogP contribution >= 0.6 is 0 Å². The molecule has 4 heteroatoms. The molecule has 112 valence electrons. The maximum atomic E-state index is 5.10. The Labute approximate surface area is 122 Å². The summed E-state index contributed by atoms with van der Waals surface area (Å²) in [6, 6.07) is 4.70. The van der Waals surface area contributed by atoms with Crippen LogP contribution in [-0.2, 0) is 0 Å². The Kier molecular flexibility index (Phi) is 6.12. The highest BCUT2D eigenvalue weighted by atomic mass is 16.5. The van der Waals surface area contributed by atoms with Crippen molar-refractivity contribution in [2.45, 2.75) is 44.6 Å². The quantitative estimate of drug-likeness (QED) is 0.777. The van der Waals surface area contributed by atoms with E-state index >= 15 is 0 Å². The second kappa shape index (κ2) is 8.10. The fraction of sp³-hybridized carbons (Fsp3) is 0.688. The largest absolute Gasteiger partial charge is 0.495 e.